The Balaban J connectivity index is 2.51. The molecule has 0 amide bonds. The number of phenols is 1. The maximum Gasteiger partial charge on any atom is 0.339 e. The molecule has 0 aliphatic rings. The zero-order chi connectivity index (χ0) is 12.3. The largest absolute Gasteiger partial charge is 0.508 e. The van der Waals surface area contributed by atoms with Crippen LogP contribution in [0.1, 0.15) is 10.4 Å². The summed E-state index contributed by atoms with van der Waals surface area (Å²) in [5.74, 6) is -0.411. The van der Waals surface area contributed by atoms with Gasteiger partial charge in [0.05, 0.1) is 5.56 Å². The van der Waals surface area contributed by atoms with E-state index < -0.39 is 5.97 Å². The van der Waals surface area contributed by atoms with E-state index in [4.69, 9.17) is 4.74 Å². The monoisotopic (exact) mass is 228 g/mol. The summed E-state index contributed by atoms with van der Waals surface area (Å²) >= 11 is 0. The molecule has 0 radical (unpaired) electrons. The molecule has 0 spiro atoms. The number of rotatable bonds is 3. The lowest BCUT2D eigenvalue weighted by Crippen LogP contribution is -2.05. The molecule has 0 aromatic heterocycles. The average Bonchev–Trinajstić information content (AvgIpc) is 2.34. The van der Waals surface area contributed by atoms with Crippen molar-refractivity contribution in [3.63, 3.8) is 0 Å². The quantitative estimate of drug-likeness (QED) is 0.649. The smallest absolute Gasteiger partial charge is 0.339 e. The van der Waals surface area contributed by atoms with Gasteiger partial charge in [-0.25, -0.2) is 4.79 Å². The van der Waals surface area contributed by atoms with E-state index in [1.807, 2.05) is 24.3 Å². The molecule has 2 aromatic rings. The first kappa shape index (κ1) is 11.2. The van der Waals surface area contributed by atoms with Gasteiger partial charge >= 0.3 is 5.97 Å². The second-order valence-corrected chi connectivity index (χ2v) is 3.60. The Morgan fingerprint density at radius 2 is 2.12 bits per heavy atom. The van der Waals surface area contributed by atoms with Crippen LogP contribution in [0.2, 0.25) is 0 Å². The summed E-state index contributed by atoms with van der Waals surface area (Å²) in [4.78, 5) is 11.8. The normalized spacial score (nSPS) is 10.1. The standard InChI is InChI=1S/C14H12O3/c1-2-7-17-14(16)13-9-11(15)8-10-5-3-4-6-12(10)13/h2-6,8-9,15H,1,7H2. The van der Waals surface area contributed by atoms with E-state index in [0.717, 1.165) is 10.8 Å². The Morgan fingerprint density at radius 1 is 1.35 bits per heavy atom. The van der Waals surface area contributed by atoms with Gasteiger partial charge in [0.1, 0.15) is 12.4 Å². The topological polar surface area (TPSA) is 46.5 Å². The Morgan fingerprint density at radius 3 is 2.88 bits per heavy atom. The number of fused-ring (bicyclic) bond motifs is 1. The molecule has 0 aliphatic heterocycles. The number of carbonyl (C=O) groups is 1. The maximum absolute atomic E-state index is 11.8. The van der Waals surface area contributed by atoms with Gasteiger partial charge in [0.2, 0.25) is 0 Å². The van der Waals surface area contributed by atoms with Crippen LogP contribution in [0.5, 0.6) is 5.75 Å². The van der Waals surface area contributed by atoms with Crippen molar-refractivity contribution in [2.75, 3.05) is 6.61 Å². The molecule has 86 valence electrons. The molecule has 3 nitrogen and oxygen atoms in total. The molecule has 2 rings (SSSR count). The Bertz CT molecular complexity index is 573. The molecular formula is C14H12O3. The van der Waals surface area contributed by atoms with Crippen LogP contribution in [0.4, 0.5) is 0 Å². The van der Waals surface area contributed by atoms with Gasteiger partial charge in [-0.2, -0.15) is 0 Å². The van der Waals surface area contributed by atoms with Gasteiger partial charge in [-0.15, -0.1) is 0 Å². The van der Waals surface area contributed by atoms with Crippen molar-refractivity contribution in [2.45, 2.75) is 0 Å². The lowest BCUT2D eigenvalue weighted by molar-refractivity contribution is 0.0551. The number of hydrogen-bond donors (Lipinski definition) is 1. The molecule has 0 saturated heterocycles. The second-order valence-electron chi connectivity index (χ2n) is 3.60. The third-order valence-corrected chi connectivity index (χ3v) is 2.40. The van der Waals surface area contributed by atoms with E-state index >= 15 is 0 Å². The molecule has 0 fully saturated rings. The maximum atomic E-state index is 11.8. The predicted molar refractivity (Wildman–Crippen MR) is 66.1 cm³/mol. The van der Waals surface area contributed by atoms with Crippen molar-refractivity contribution in [1.82, 2.24) is 0 Å². The first-order valence-corrected chi connectivity index (χ1v) is 5.22. The number of carbonyl (C=O) groups excluding carboxylic acids is 1. The van der Waals surface area contributed by atoms with Crippen molar-refractivity contribution in [2.24, 2.45) is 0 Å². The summed E-state index contributed by atoms with van der Waals surface area (Å²) in [5, 5.41) is 11.1. The Labute approximate surface area is 99.0 Å². The highest BCUT2D eigenvalue weighted by Gasteiger charge is 2.12. The Kier molecular flexibility index (Phi) is 3.10. The molecule has 0 heterocycles. The van der Waals surface area contributed by atoms with E-state index in [1.54, 1.807) is 6.07 Å². The molecule has 0 aliphatic carbocycles. The van der Waals surface area contributed by atoms with Crippen LogP contribution in [0.3, 0.4) is 0 Å². The number of ether oxygens (including phenoxy) is 1. The fourth-order valence-electron chi connectivity index (χ4n) is 1.68. The van der Waals surface area contributed by atoms with Gasteiger partial charge in [-0.1, -0.05) is 36.9 Å². The molecule has 3 heteroatoms. The predicted octanol–water partition coefficient (Wildman–Crippen LogP) is 2.89. The summed E-state index contributed by atoms with van der Waals surface area (Å²) in [7, 11) is 0. The van der Waals surface area contributed by atoms with Crippen LogP contribution < -0.4 is 0 Å². The number of benzene rings is 2. The van der Waals surface area contributed by atoms with Gasteiger partial charge in [0.25, 0.3) is 0 Å². The van der Waals surface area contributed by atoms with Crippen molar-refractivity contribution < 1.29 is 14.6 Å². The van der Waals surface area contributed by atoms with E-state index in [9.17, 15) is 9.90 Å². The second kappa shape index (κ2) is 4.70. The number of hydrogen-bond acceptors (Lipinski definition) is 3. The zero-order valence-corrected chi connectivity index (χ0v) is 9.22. The van der Waals surface area contributed by atoms with Gasteiger partial charge in [-0.3, -0.25) is 0 Å². The summed E-state index contributed by atoms with van der Waals surface area (Å²) in [5.41, 5.74) is 0.363. The van der Waals surface area contributed by atoms with Crippen LogP contribution in [0.25, 0.3) is 10.8 Å². The number of phenolic OH excluding ortho intramolecular Hbond substituents is 1. The van der Waals surface area contributed by atoms with Gasteiger partial charge in [0.15, 0.2) is 0 Å². The van der Waals surface area contributed by atoms with Gasteiger partial charge < -0.3 is 9.84 Å². The third kappa shape index (κ3) is 2.28. The molecule has 2 aromatic carbocycles. The summed E-state index contributed by atoms with van der Waals surface area (Å²) in [6.45, 7) is 3.64. The molecule has 17 heavy (non-hydrogen) atoms. The van der Waals surface area contributed by atoms with Crippen LogP contribution in [-0.2, 0) is 4.74 Å². The molecule has 0 atom stereocenters. The van der Waals surface area contributed by atoms with Crippen molar-refractivity contribution in [3.8, 4) is 5.75 Å². The van der Waals surface area contributed by atoms with E-state index in [1.165, 1.54) is 12.1 Å². The highest BCUT2D eigenvalue weighted by atomic mass is 16.5. The lowest BCUT2D eigenvalue weighted by Gasteiger charge is -2.07. The summed E-state index contributed by atoms with van der Waals surface area (Å²) in [6.07, 6.45) is 1.50. The van der Waals surface area contributed by atoms with Gasteiger partial charge in [0, 0.05) is 0 Å². The van der Waals surface area contributed by atoms with Crippen LogP contribution in [-0.4, -0.2) is 17.7 Å². The van der Waals surface area contributed by atoms with Crippen LogP contribution >= 0.6 is 0 Å². The molecule has 1 N–H and O–H groups in total. The molecular weight excluding hydrogens is 216 g/mol. The minimum absolute atomic E-state index is 0.0502. The molecule has 0 saturated carbocycles. The molecule has 0 unspecified atom stereocenters. The van der Waals surface area contributed by atoms with E-state index in [0.29, 0.717) is 5.56 Å². The highest BCUT2D eigenvalue weighted by Crippen LogP contribution is 2.25. The summed E-state index contributed by atoms with van der Waals surface area (Å²) < 4.78 is 4.97. The van der Waals surface area contributed by atoms with Crippen molar-refractivity contribution in [3.05, 3.63) is 54.6 Å². The fourth-order valence-corrected chi connectivity index (χ4v) is 1.68. The van der Waals surface area contributed by atoms with E-state index in [2.05, 4.69) is 6.58 Å². The van der Waals surface area contributed by atoms with Crippen LogP contribution in [0.15, 0.2) is 49.1 Å². The number of esters is 1. The highest BCUT2D eigenvalue weighted by molar-refractivity contribution is 6.05. The Hall–Kier alpha value is -2.29. The first-order valence-electron chi connectivity index (χ1n) is 5.22. The van der Waals surface area contributed by atoms with E-state index in [-0.39, 0.29) is 12.4 Å². The summed E-state index contributed by atoms with van der Waals surface area (Å²) in [6, 6.07) is 10.4. The SMILES string of the molecule is C=CCOC(=O)c1cc(O)cc2ccccc12. The lowest BCUT2D eigenvalue weighted by atomic mass is 10.0. The fraction of sp³-hybridized carbons (Fsp3) is 0.0714. The van der Waals surface area contributed by atoms with Crippen LogP contribution in [0, 0.1) is 0 Å². The van der Waals surface area contributed by atoms with Crippen molar-refractivity contribution in [1.29, 1.82) is 0 Å². The van der Waals surface area contributed by atoms with Crippen molar-refractivity contribution >= 4 is 16.7 Å². The molecule has 0 bridgehead atoms. The van der Waals surface area contributed by atoms with Gasteiger partial charge in [-0.05, 0) is 22.9 Å². The number of aromatic hydroxyl groups is 1. The average molecular weight is 228 g/mol. The minimum Gasteiger partial charge on any atom is -0.508 e. The third-order valence-electron chi connectivity index (χ3n) is 2.40. The zero-order valence-electron chi connectivity index (χ0n) is 9.22. The first-order chi connectivity index (χ1) is 8.22. The minimum atomic E-state index is -0.461.